The lowest BCUT2D eigenvalue weighted by Crippen LogP contribution is -2.51. The monoisotopic (exact) mass is 333 g/mol. The van der Waals surface area contributed by atoms with E-state index >= 15 is 0 Å². The van der Waals surface area contributed by atoms with Gasteiger partial charge in [0.1, 0.15) is 6.61 Å². The van der Waals surface area contributed by atoms with Crippen molar-refractivity contribution in [3.8, 4) is 0 Å². The van der Waals surface area contributed by atoms with Crippen LogP contribution in [0.1, 0.15) is 18.9 Å². The van der Waals surface area contributed by atoms with E-state index in [0.29, 0.717) is 26.2 Å². The Morgan fingerprint density at radius 3 is 2.50 bits per heavy atom. The van der Waals surface area contributed by atoms with Crippen LogP contribution in [0.5, 0.6) is 0 Å². The van der Waals surface area contributed by atoms with Crippen molar-refractivity contribution in [3.05, 3.63) is 35.9 Å². The molecule has 0 aliphatic carbocycles. The lowest BCUT2D eigenvalue weighted by Gasteiger charge is -2.34. The molecule has 2 amide bonds. The van der Waals surface area contributed by atoms with Crippen molar-refractivity contribution in [1.82, 2.24) is 15.1 Å². The molecule has 1 saturated heterocycles. The van der Waals surface area contributed by atoms with Gasteiger partial charge in [0.25, 0.3) is 0 Å². The Balaban J connectivity index is 1.62. The zero-order chi connectivity index (χ0) is 17.2. The van der Waals surface area contributed by atoms with Gasteiger partial charge < -0.3 is 15.0 Å². The molecule has 1 aromatic rings. The summed E-state index contributed by atoms with van der Waals surface area (Å²) in [7, 11) is 0. The third-order valence-electron chi connectivity index (χ3n) is 4.00. The molecule has 0 radical (unpaired) electrons. The molecule has 6 heteroatoms. The third kappa shape index (κ3) is 6.29. The minimum absolute atomic E-state index is 0.0148. The second kappa shape index (κ2) is 10.1. The van der Waals surface area contributed by atoms with Crippen LogP contribution in [0.2, 0.25) is 0 Å². The number of carbonyl (C=O) groups is 2. The molecule has 0 aromatic heterocycles. The summed E-state index contributed by atoms with van der Waals surface area (Å²) in [6.07, 6.45) is 0.941. The van der Waals surface area contributed by atoms with E-state index in [2.05, 4.69) is 10.2 Å². The highest BCUT2D eigenvalue weighted by molar-refractivity contribution is 5.78. The molecule has 24 heavy (non-hydrogen) atoms. The quantitative estimate of drug-likeness (QED) is 0.767. The van der Waals surface area contributed by atoms with Crippen LogP contribution in [0.3, 0.4) is 0 Å². The minimum Gasteiger partial charge on any atom is -0.367 e. The van der Waals surface area contributed by atoms with Crippen molar-refractivity contribution < 1.29 is 14.3 Å². The lowest BCUT2D eigenvalue weighted by molar-refractivity contribution is -0.138. The maximum atomic E-state index is 12.2. The van der Waals surface area contributed by atoms with E-state index < -0.39 is 0 Å². The molecule has 1 fully saturated rings. The van der Waals surface area contributed by atoms with Gasteiger partial charge >= 0.3 is 0 Å². The van der Waals surface area contributed by atoms with Crippen molar-refractivity contribution in [3.63, 3.8) is 0 Å². The predicted molar refractivity (Wildman–Crippen MR) is 92.4 cm³/mol. The van der Waals surface area contributed by atoms with Crippen molar-refractivity contribution in [1.29, 1.82) is 0 Å². The van der Waals surface area contributed by atoms with E-state index in [9.17, 15) is 9.59 Å². The number of ether oxygens (including phenoxy) is 1. The molecule has 1 heterocycles. The Morgan fingerprint density at radius 2 is 1.83 bits per heavy atom. The van der Waals surface area contributed by atoms with Gasteiger partial charge in [-0.3, -0.25) is 14.5 Å². The molecule has 0 saturated carbocycles. The Labute approximate surface area is 143 Å². The van der Waals surface area contributed by atoms with Gasteiger partial charge in [0.05, 0.1) is 13.2 Å². The summed E-state index contributed by atoms with van der Waals surface area (Å²) in [5.41, 5.74) is 1.06. The van der Waals surface area contributed by atoms with E-state index in [4.69, 9.17) is 4.74 Å². The van der Waals surface area contributed by atoms with Crippen molar-refractivity contribution in [2.45, 2.75) is 20.0 Å². The molecule has 132 valence electrons. The summed E-state index contributed by atoms with van der Waals surface area (Å²) in [6, 6.07) is 9.82. The summed E-state index contributed by atoms with van der Waals surface area (Å²) in [6.45, 7) is 6.46. The average molecular weight is 333 g/mol. The molecule has 1 aromatic carbocycles. The van der Waals surface area contributed by atoms with Crippen LogP contribution in [-0.4, -0.2) is 67.5 Å². The van der Waals surface area contributed by atoms with Crippen LogP contribution in [0.25, 0.3) is 0 Å². The fourth-order valence-electron chi connectivity index (χ4n) is 2.60. The van der Waals surface area contributed by atoms with Crippen LogP contribution in [0, 0.1) is 0 Å². The largest absolute Gasteiger partial charge is 0.367 e. The molecule has 2 rings (SSSR count). The predicted octanol–water partition coefficient (Wildman–Crippen LogP) is 0.874. The SMILES string of the molecule is CCCNC(=O)CN1CCN(C(=O)COCc2ccccc2)CC1. The molecular formula is C18H27N3O3. The highest BCUT2D eigenvalue weighted by Crippen LogP contribution is 2.04. The first-order valence-electron chi connectivity index (χ1n) is 8.57. The second-order valence-corrected chi connectivity index (χ2v) is 5.99. The Morgan fingerprint density at radius 1 is 1.12 bits per heavy atom. The zero-order valence-electron chi connectivity index (χ0n) is 14.4. The molecular weight excluding hydrogens is 306 g/mol. The van der Waals surface area contributed by atoms with Crippen LogP contribution < -0.4 is 5.32 Å². The number of hydrogen-bond donors (Lipinski definition) is 1. The number of carbonyl (C=O) groups excluding carboxylic acids is 2. The van der Waals surface area contributed by atoms with Gasteiger partial charge in [-0.25, -0.2) is 0 Å². The molecule has 1 aliphatic rings. The molecule has 6 nitrogen and oxygen atoms in total. The maximum absolute atomic E-state index is 12.2. The van der Waals surface area contributed by atoms with Crippen molar-refractivity contribution in [2.75, 3.05) is 45.9 Å². The number of rotatable bonds is 8. The van der Waals surface area contributed by atoms with Crippen LogP contribution in [-0.2, 0) is 20.9 Å². The number of benzene rings is 1. The molecule has 1 N–H and O–H groups in total. The first kappa shape index (κ1) is 18.4. The van der Waals surface area contributed by atoms with E-state index in [1.807, 2.05) is 42.2 Å². The van der Waals surface area contributed by atoms with Crippen molar-refractivity contribution >= 4 is 11.8 Å². The molecule has 1 aliphatic heterocycles. The van der Waals surface area contributed by atoms with E-state index in [0.717, 1.165) is 31.6 Å². The summed E-state index contributed by atoms with van der Waals surface area (Å²) >= 11 is 0. The van der Waals surface area contributed by atoms with Crippen molar-refractivity contribution in [2.24, 2.45) is 0 Å². The van der Waals surface area contributed by atoms with Gasteiger partial charge in [0, 0.05) is 32.7 Å². The van der Waals surface area contributed by atoms with Gasteiger partial charge in [0.2, 0.25) is 11.8 Å². The van der Waals surface area contributed by atoms with E-state index in [1.165, 1.54) is 0 Å². The first-order chi connectivity index (χ1) is 11.7. The minimum atomic E-state index is 0.0148. The number of hydrogen-bond acceptors (Lipinski definition) is 4. The Kier molecular flexibility index (Phi) is 7.71. The van der Waals surface area contributed by atoms with Gasteiger partial charge in [-0.05, 0) is 12.0 Å². The number of nitrogens with zero attached hydrogens (tertiary/aromatic N) is 2. The van der Waals surface area contributed by atoms with Crippen LogP contribution >= 0.6 is 0 Å². The smallest absolute Gasteiger partial charge is 0.248 e. The van der Waals surface area contributed by atoms with Gasteiger partial charge in [0.15, 0.2) is 0 Å². The van der Waals surface area contributed by atoms with Crippen LogP contribution in [0.15, 0.2) is 30.3 Å². The molecule has 0 atom stereocenters. The number of piperazine rings is 1. The highest BCUT2D eigenvalue weighted by atomic mass is 16.5. The van der Waals surface area contributed by atoms with E-state index in [1.54, 1.807) is 0 Å². The zero-order valence-corrected chi connectivity index (χ0v) is 14.4. The second-order valence-electron chi connectivity index (χ2n) is 5.99. The summed E-state index contributed by atoms with van der Waals surface area (Å²) in [5.74, 6) is 0.0730. The molecule has 0 spiro atoms. The third-order valence-corrected chi connectivity index (χ3v) is 4.00. The van der Waals surface area contributed by atoms with Gasteiger partial charge in [-0.1, -0.05) is 37.3 Å². The molecule has 0 bridgehead atoms. The average Bonchev–Trinajstić information content (AvgIpc) is 2.61. The summed E-state index contributed by atoms with van der Waals surface area (Å²) < 4.78 is 5.50. The molecule has 0 unspecified atom stereocenters. The normalized spacial score (nSPS) is 15.3. The van der Waals surface area contributed by atoms with Crippen LogP contribution in [0.4, 0.5) is 0 Å². The fourth-order valence-corrected chi connectivity index (χ4v) is 2.60. The highest BCUT2D eigenvalue weighted by Gasteiger charge is 2.22. The maximum Gasteiger partial charge on any atom is 0.248 e. The van der Waals surface area contributed by atoms with Gasteiger partial charge in [-0.2, -0.15) is 0 Å². The number of amides is 2. The first-order valence-corrected chi connectivity index (χ1v) is 8.57. The Bertz CT molecular complexity index is 514. The van der Waals surface area contributed by atoms with Gasteiger partial charge in [-0.15, -0.1) is 0 Å². The topological polar surface area (TPSA) is 61.9 Å². The number of nitrogens with one attached hydrogen (secondary N) is 1. The van der Waals surface area contributed by atoms with E-state index in [-0.39, 0.29) is 18.4 Å². The summed E-state index contributed by atoms with van der Waals surface area (Å²) in [5, 5.41) is 2.88. The Hall–Kier alpha value is -1.92. The summed E-state index contributed by atoms with van der Waals surface area (Å²) in [4.78, 5) is 27.8. The fraction of sp³-hybridized carbons (Fsp3) is 0.556. The standard InChI is InChI=1S/C18H27N3O3/c1-2-8-19-17(22)13-20-9-11-21(12-10-20)18(23)15-24-14-16-6-4-3-5-7-16/h3-7H,2,8-15H2,1H3,(H,19,22). The lowest BCUT2D eigenvalue weighted by atomic mass is 10.2.